The van der Waals surface area contributed by atoms with Gasteiger partial charge in [0, 0.05) is 32.6 Å². The molecule has 2 N–H and O–H groups in total. The number of ether oxygens (including phenoxy) is 2. The Morgan fingerprint density at radius 2 is 1.87 bits per heavy atom. The van der Waals surface area contributed by atoms with Gasteiger partial charge in [-0.3, -0.25) is 4.79 Å². The highest BCUT2D eigenvalue weighted by molar-refractivity contribution is 14.0. The Morgan fingerprint density at radius 1 is 1.16 bits per heavy atom. The molecule has 0 aromatic heterocycles. The van der Waals surface area contributed by atoms with E-state index >= 15 is 0 Å². The van der Waals surface area contributed by atoms with Crippen LogP contribution in [0.3, 0.4) is 0 Å². The van der Waals surface area contributed by atoms with Gasteiger partial charge in [0.05, 0.1) is 13.7 Å². The Balaban J connectivity index is 0.00000341. The largest absolute Gasteiger partial charge is 0.493 e. The molecule has 0 spiro atoms. The van der Waals surface area contributed by atoms with Crippen molar-refractivity contribution in [3.8, 4) is 17.2 Å². The lowest BCUT2D eigenvalue weighted by atomic mass is 10.1. The van der Waals surface area contributed by atoms with E-state index < -0.39 is 0 Å². The number of piperidine rings is 1. The summed E-state index contributed by atoms with van der Waals surface area (Å²) in [6, 6.07) is 15.6. The van der Waals surface area contributed by atoms with E-state index in [1.165, 1.54) is 0 Å². The number of likely N-dealkylation sites (tertiary alicyclic amines) is 1. The number of guanidine groups is 1. The van der Waals surface area contributed by atoms with Gasteiger partial charge in [-0.1, -0.05) is 24.3 Å². The fourth-order valence-electron chi connectivity index (χ4n) is 3.31. The molecular weight excluding hydrogens is 507 g/mol. The molecule has 1 heterocycles. The van der Waals surface area contributed by atoms with Gasteiger partial charge < -0.3 is 25.0 Å². The Morgan fingerprint density at radius 3 is 2.52 bits per heavy atom. The van der Waals surface area contributed by atoms with Crippen LogP contribution in [0.15, 0.2) is 53.5 Å². The predicted octanol–water partition coefficient (Wildman–Crippen LogP) is 3.78. The number of rotatable bonds is 7. The second kappa shape index (κ2) is 12.4. The topological polar surface area (TPSA) is 75.2 Å². The number of hydrogen-bond donors (Lipinski definition) is 2. The number of nitrogens with zero attached hydrogens (tertiary/aromatic N) is 2. The molecule has 0 saturated carbocycles. The van der Waals surface area contributed by atoms with E-state index in [0.717, 1.165) is 30.2 Å². The van der Waals surface area contributed by atoms with Crippen molar-refractivity contribution in [1.29, 1.82) is 0 Å². The van der Waals surface area contributed by atoms with Crippen LogP contribution in [0.25, 0.3) is 0 Å². The lowest BCUT2D eigenvalue weighted by Crippen LogP contribution is -2.51. The fraction of sp³-hybridized carbons (Fsp3) is 0.391. The molecule has 3 rings (SSSR count). The third-order valence-corrected chi connectivity index (χ3v) is 4.95. The van der Waals surface area contributed by atoms with E-state index in [1.54, 1.807) is 12.0 Å². The molecule has 1 saturated heterocycles. The zero-order valence-corrected chi connectivity index (χ0v) is 20.6. The highest BCUT2D eigenvalue weighted by Gasteiger charge is 2.23. The van der Waals surface area contributed by atoms with E-state index in [9.17, 15) is 4.79 Å². The lowest BCUT2D eigenvalue weighted by molar-refractivity contribution is -0.132. The Labute approximate surface area is 201 Å². The molecule has 8 heteroatoms. The predicted molar refractivity (Wildman–Crippen MR) is 134 cm³/mol. The van der Waals surface area contributed by atoms with Crippen LogP contribution in [0.1, 0.15) is 25.3 Å². The van der Waals surface area contributed by atoms with Crippen molar-refractivity contribution in [2.45, 2.75) is 32.4 Å². The molecule has 1 aliphatic heterocycles. The third-order valence-electron chi connectivity index (χ3n) is 4.95. The fourth-order valence-corrected chi connectivity index (χ4v) is 3.31. The van der Waals surface area contributed by atoms with Gasteiger partial charge in [-0.2, -0.15) is 0 Å². The van der Waals surface area contributed by atoms with Crippen LogP contribution in [0.2, 0.25) is 0 Å². The number of likely N-dealkylation sites (N-methyl/N-ethyl adjacent to an activating group) is 1. The van der Waals surface area contributed by atoms with Crippen LogP contribution in [-0.2, 0) is 11.3 Å². The molecule has 0 bridgehead atoms. The van der Waals surface area contributed by atoms with E-state index in [0.29, 0.717) is 31.0 Å². The SMILES string of the molecule is CCNC(=NCc1ccc(Oc2ccccc2OC)cc1)NC1CCC(=O)N(C)C1.I. The highest BCUT2D eigenvalue weighted by atomic mass is 127. The molecule has 2 aromatic carbocycles. The maximum atomic E-state index is 11.7. The third kappa shape index (κ3) is 7.30. The number of carbonyl (C=O) groups excluding carboxylic acids is 1. The number of nitrogens with one attached hydrogen (secondary N) is 2. The average molecular weight is 538 g/mol. The molecule has 1 aliphatic rings. The summed E-state index contributed by atoms with van der Waals surface area (Å²) in [4.78, 5) is 18.1. The minimum absolute atomic E-state index is 0. The van der Waals surface area contributed by atoms with E-state index in [1.807, 2.05) is 62.5 Å². The first-order chi connectivity index (χ1) is 14.6. The Bertz CT molecular complexity index is 873. The zero-order valence-electron chi connectivity index (χ0n) is 18.3. The van der Waals surface area contributed by atoms with E-state index in [4.69, 9.17) is 14.5 Å². The molecule has 0 aliphatic carbocycles. The number of methoxy groups -OCH3 is 1. The summed E-state index contributed by atoms with van der Waals surface area (Å²) in [5.74, 6) is 3.08. The first-order valence-electron chi connectivity index (χ1n) is 10.3. The molecule has 1 atom stereocenters. The van der Waals surface area contributed by atoms with Crippen molar-refractivity contribution in [1.82, 2.24) is 15.5 Å². The van der Waals surface area contributed by atoms with Crippen LogP contribution < -0.4 is 20.1 Å². The number of aliphatic imine (C=N–C) groups is 1. The van der Waals surface area contributed by atoms with Gasteiger partial charge in [0.2, 0.25) is 5.91 Å². The van der Waals surface area contributed by atoms with Gasteiger partial charge in [-0.05, 0) is 43.2 Å². The minimum Gasteiger partial charge on any atom is -0.493 e. The van der Waals surface area contributed by atoms with Crippen molar-refractivity contribution < 1.29 is 14.3 Å². The first kappa shape index (κ1) is 24.8. The summed E-state index contributed by atoms with van der Waals surface area (Å²) in [7, 11) is 3.47. The summed E-state index contributed by atoms with van der Waals surface area (Å²) in [6.07, 6.45) is 1.39. The van der Waals surface area contributed by atoms with E-state index in [2.05, 4.69) is 10.6 Å². The van der Waals surface area contributed by atoms with Crippen molar-refractivity contribution in [2.75, 3.05) is 27.2 Å². The Kier molecular flexibility index (Phi) is 9.90. The molecule has 1 fully saturated rings. The van der Waals surface area contributed by atoms with Crippen LogP contribution in [0.4, 0.5) is 0 Å². The van der Waals surface area contributed by atoms with Crippen LogP contribution in [0, 0.1) is 0 Å². The first-order valence-corrected chi connectivity index (χ1v) is 10.3. The smallest absolute Gasteiger partial charge is 0.222 e. The Hall–Kier alpha value is -2.49. The number of carbonyl (C=O) groups is 1. The molecule has 1 amide bonds. The second-order valence-electron chi connectivity index (χ2n) is 7.25. The van der Waals surface area contributed by atoms with Gasteiger partial charge in [0.1, 0.15) is 5.75 Å². The van der Waals surface area contributed by atoms with Gasteiger partial charge >= 0.3 is 0 Å². The zero-order chi connectivity index (χ0) is 21.3. The molecular formula is C23H31IN4O3. The maximum Gasteiger partial charge on any atom is 0.222 e. The molecule has 2 aromatic rings. The van der Waals surface area contributed by atoms with Gasteiger partial charge in [-0.25, -0.2) is 4.99 Å². The summed E-state index contributed by atoms with van der Waals surface area (Å²) in [5.41, 5.74) is 1.08. The quantitative estimate of drug-likeness (QED) is 0.319. The standard InChI is InChI=1S/C23H30N4O3.HI/c1-4-24-23(26-18-11-14-22(28)27(2)16-18)25-15-17-9-12-19(13-10-17)30-21-8-6-5-7-20(21)29-3;/h5-10,12-13,18H,4,11,14-16H2,1-3H3,(H2,24,25,26);1H. The molecule has 168 valence electrons. The van der Waals surface area contributed by atoms with Crippen molar-refractivity contribution in [3.63, 3.8) is 0 Å². The van der Waals surface area contributed by atoms with Crippen LogP contribution >= 0.6 is 24.0 Å². The van der Waals surface area contributed by atoms with Crippen LogP contribution in [0.5, 0.6) is 17.2 Å². The van der Waals surface area contributed by atoms with Crippen molar-refractivity contribution in [3.05, 3.63) is 54.1 Å². The van der Waals surface area contributed by atoms with E-state index in [-0.39, 0.29) is 35.9 Å². The summed E-state index contributed by atoms with van der Waals surface area (Å²) < 4.78 is 11.2. The van der Waals surface area contributed by atoms with Gasteiger partial charge in [-0.15, -0.1) is 24.0 Å². The van der Waals surface area contributed by atoms with Crippen molar-refractivity contribution >= 4 is 35.8 Å². The summed E-state index contributed by atoms with van der Waals surface area (Å²) in [6.45, 7) is 4.06. The maximum absolute atomic E-state index is 11.7. The summed E-state index contributed by atoms with van der Waals surface area (Å²) >= 11 is 0. The number of halogens is 1. The number of amides is 1. The van der Waals surface area contributed by atoms with Crippen molar-refractivity contribution in [2.24, 2.45) is 4.99 Å². The molecule has 0 radical (unpaired) electrons. The highest BCUT2D eigenvalue weighted by Crippen LogP contribution is 2.30. The number of benzene rings is 2. The van der Waals surface area contributed by atoms with Crippen LogP contribution in [-0.4, -0.2) is 50.1 Å². The minimum atomic E-state index is 0. The molecule has 7 nitrogen and oxygen atoms in total. The van der Waals surface area contributed by atoms with Gasteiger partial charge in [0.15, 0.2) is 17.5 Å². The monoisotopic (exact) mass is 538 g/mol. The summed E-state index contributed by atoms with van der Waals surface area (Å²) in [5, 5.41) is 6.72. The molecule has 31 heavy (non-hydrogen) atoms. The lowest BCUT2D eigenvalue weighted by Gasteiger charge is -2.31. The normalized spacial score (nSPS) is 16.4. The second-order valence-corrected chi connectivity index (χ2v) is 7.25. The van der Waals surface area contributed by atoms with Gasteiger partial charge in [0.25, 0.3) is 0 Å². The molecule has 1 unspecified atom stereocenters. The number of para-hydroxylation sites is 2. The average Bonchev–Trinajstić information content (AvgIpc) is 2.76. The number of hydrogen-bond acceptors (Lipinski definition) is 4.